The molecule has 4 rings (SSSR count). The normalized spacial score (nSPS) is 24.6. The first-order chi connectivity index (χ1) is 12.0. The van der Waals surface area contributed by atoms with Crippen LogP contribution in [-0.4, -0.2) is 44.7 Å². The Morgan fingerprint density at radius 1 is 1.32 bits per heavy atom. The summed E-state index contributed by atoms with van der Waals surface area (Å²) in [5, 5.41) is 14.4. The molecular formula is C16H19N5O4. The van der Waals surface area contributed by atoms with Crippen molar-refractivity contribution in [1.82, 2.24) is 14.8 Å². The summed E-state index contributed by atoms with van der Waals surface area (Å²) in [4.78, 5) is 15.7. The Kier molecular flexibility index (Phi) is 3.81. The van der Waals surface area contributed by atoms with E-state index in [-0.39, 0.29) is 25.2 Å². The Labute approximate surface area is 143 Å². The number of hydrogen-bond donors (Lipinski definition) is 3. The number of nitrogens with zero attached hydrogens (tertiary/aromatic N) is 3. The zero-order chi connectivity index (χ0) is 17.6. The number of hydrogen-bond acceptors (Lipinski definition) is 7. The van der Waals surface area contributed by atoms with Gasteiger partial charge in [0.25, 0.3) is 0 Å². The van der Waals surface area contributed by atoms with Crippen molar-refractivity contribution in [3.8, 4) is 17.2 Å². The molecule has 132 valence electrons. The minimum atomic E-state index is -0.577. The Bertz CT molecular complexity index is 811. The Morgan fingerprint density at radius 2 is 2.12 bits per heavy atom. The number of aliphatic hydroxyl groups is 1. The SMILES string of the molecule is NC(=O)Cc1nc([C@H]2C[C@H](N)[C@@H](O)C2)n(-c2ccc3c(c2)OCO3)n1. The molecule has 0 unspecified atom stereocenters. The highest BCUT2D eigenvalue weighted by Gasteiger charge is 2.35. The van der Waals surface area contributed by atoms with Gasteiger partial charge in [-0.15, -0.1) is 0 Å². The van der Waals surface area contributed by atoms with Crippen LogP contribution < -0.4 is 20.9 Å². The number of fused-ring (bicyclic) bond motifs is 1. The van der Waals surface area contributed by atoms with Crippen LogP contribution in [0.4, 0.5) is 0 Å². The number of primary amides is 1. The van der Waals surface area contributed by atoms with Gasteiger partial charge in [-0.1, -0.05) is 0 Å². The van der Waals surface area contributed by atoms with Crippen molar-refractivity contribution in [2.45, 2.75) is 37.3 Å². The molecule has 1 aromatic carbocycles. The molecule has 1 aromatic heterocycles. The molecule has 2 heterocycles. The molecule has 2 aliphatic rings. The number of carbonyl (C=O) groups excluding carboxylic acids is 1. The Hall–Kier alpha value is -2.65. The largest absolute Gasteiger partial charge is 0.454 e. The molecule has 1 aliphatic heterocycles. The summed E-state index contributed by atoms with van der Waals surface area (Å²) in [6, 6.07) is 5.14. The lowest BCUT2D eigenvalue weighted by Gasteiger charge is -2.11. The van der Waals surface area contributed by atoms with Crippen molar-refractivity contribution in [2.24, 2.45) is 11.5 Å². The maximum Gasteiger partial charge on any atom is 0.231 e. The third-order valence-electron chi connectivity index (χ3n) is 4.55. The molecule has 3 atom stereocenters. The van der Waals surface area contributed by atoms with Crippen LogP contribution in [0, 0.1) is 0 Å². The standard InChI is InChI=1S/C16H19N5O4/c17-10-3-8(4-11(10)22)16-19-15(6-14(18)23)20-21(16)9-1-2-12-13(5-9)25-7-24-12/h1-2,5,8,10-11,22H,3-4,6-7,17H2,(H2,18,23)/t8-,10-,11-/m0/s1. The number of rotatable bonds is 4. The van der Waals surface area contributed by atoms with E-state index in [9.17, 15) is 9.90 Å². The summed E-state index contributed by atoms with van der Waals surface area (Å²) in [7, 11) is 0. The zero-order valence-electron chi connectivity index (χ0n) is 13.5. The summed E-state index contributed by atoms with van der Waals surface area (Å²) >= 11 is 0. The van der Waals surface area contributed by atoms with Gasteiger partial charge in [-0.3, -0.25) is 4.79 Å². The maximum atomic E-state index is 11.2. The van der Waals surface area contributed by atoms with Gasteiger partial charge < -0.3 is 26.0 Å². The van der Waals surface area contributed by atoms with Gasteiger partial charge in [0.15, 0.2) is 17.3 Å². The molecule has 0 spiro atoms. The van der Waals surface area contributed by atoms with Crippen molar-refractivity contribution >= 4 is 5.91 Å². The maximum absolute atomic E-state index is 11.2. The fourth-order valence-corrected chi connectivity index (χ4v) is 3.33. The summed E-state index contributed by atoms with van der Waals surface area (Å²) in [6.45, 7) is 0.180. The zero-order valence-corrected chi connectivity index (χ0v) is 13.5. The van der Waals surface area contributed by atoms with Gasteiger partial charge in [0.05, 0.1) is 18.2 Å². The number of aromatic nitrogens is 3. The van der Waals surface area contributed by atoms with Crippen LogP contribution in [0.5, 0.6) is 11.5 Å². The van der Waals surface area contributed by atoms with Gasteiger partial charge in [-0.25, -0.2) is 9.67 Å². The van der Waals surface area contributed by atoms with Crippen molar-refractivity contribution in [1.29, 1.82) is 0 Å². The third kappa shape index (κ3) is 2.92. The van der Waals surface area contributed by atoms with E-state index in [1.807, 2.05) is 6.07 Å². The molecule has 1 saturated carbocycles. The Balaban J connectivity index is 1.74. The van der Waals surface area contributed by atoms with Crippen LogP contribution in [0.1, 0.15) is 30.4 Å². The van der Waals surface area contributed by atoms with Crippen molar-refractivity contribution < 1.29 is 19.4 Å². The summed E-state index contributed by atoms with van der Waals surface area (Å²) in [5.74, 6) is 1.74. The first-order valence-electron chi connectivity index (χ1n) is 8.09. The van der Waals surface area contributed by atoms with E-state index in [2.05, 4.69) is 10.1 Å². The van der Waals surface area contributed by atoms with E-state index in [1.54, 1.807) is 16.8 Å². The van der Waals surface area contributed by atoms with Gasteiger partial charge in [0.2, 0.25) is 12.7 Å². The second-order valence-electron chi connectivity index (χ2n) is 6.38. The van der Waals surface area contributed by atoms with Gasteiger partial charge in [0.1, 0.15) is 5.82 Å². The summed E-state index contributed by atoms with van der Waals surface area (Å²) in [6.07, 6.45) is 0.471. The minimum Gasteiger partial charge on any atom is -0.454 e. The van der Waals surface area contributed by atoms with Crippen molar-refractivity contribution in [3.05, 3.63) is 29.8 Å². The van der Waals surface area contributed by atoms with Crippen LogP contribution >= 0.6 is 0 Å². The quantitative estimate of drug-likeness (QED) is 0.684. The molecule has 5 N–H and O–H groups in total. The number of ether oxygens (including phenoxy) is 2. The number of nitrogens with two attached hydrogens (primary N) is 2. The van der Waals surface area contributed by atoms with E-state index in [0.29, 0.717) is 36.0 Å². The van der Waals surface area contributed by atoms with E-state index in [1.165, 1.54) is 0 Å². The highest BCUT2D eigenvalue weighted by atomic mass is 16.7. The molecular weight excluding hydrogens is 326 g/mol. The van der Waals surface area contributed by atoms with Gasteiger partial charge in [-0.2, -0.15) is 5.10 Å². The summed E-state index contributed by atoms with van der Waals surface area (Å²) in [5.41, 5.74) is 11.9. The van der Waals surface area contributed by atoms with Crippen LogP contribution in [0.15, 0.2) is 18.2 Å². The van der Waals surface area contributed by atoms with Crippen LogP contribution in [0.2, 0.25) is 0 Å². The highest BCUT2D eigenvalue weighted by molar-refractivity contribution is 5.75. The minimum absolute atomic E-state index is 0.0497. The molecule has 25 heavy (non-hydrogen) atoms. The molecule has 1 fully saturated rings. The lowest BCUT2D eigenvalue weighted by Crippen LogP contribution is -2.28. The second-order valence-corrected chi connectivity index (χ2v) is 6.38. The van der Waals surface area contributed by atoms with E-state index in [0.717, 1.165) is 5.69 Å². The van der Waals surface area contributed by atoms with Crippen molar-refractivity contribution in [3.63, 3.8) is 0 Å². The molecule has 9 heteroatoms. The molecule has 9 nitrogen and oxygen atoms in total. The number of aliphatic hydroxyl groups excluding tert-OH is 1. The molecule has 0 saturated heterocycles. The van der Waals surface area contributed by atoms with E-state index < -0.39 is 12.0 Å². The van der Waals surface area contributed by atoms with Gasteiger partial charge >= 0.3 is 0 Å². The van der Waals surface area contributed by atoms with Crippen LogP contribution in [0.3, 0.4) is 0 Å². The number of amides is 1. The average molecular weight is 345 g/mol. The third-order valence-corrected chi connectivity index (χ3v) is 4.55. The van der Waals surface area contributed by atoms with Gasteiger partial charge in [-0.05, 0) is 25.0 Å². The van der Waals surface area contributed by atoms with Crippen LogP contribution in [-0.2, 0) is 11.2 Å². The topological polar surface area (TPSA) is 139 Å². The molecule has 1 aliphatic carbocycles. The smallest absolute Gasteiger partial charge is 0.231 e. The first kappa shape index (κ1) is 15.9. The predicted molar refractivity (Wildman–Crippen MR) is 86.3 cm³/mol. The molecule has 0 radical (unpaired) electrons. The number of carbonyl (C=O) groups is 1. The predicted octanol–water partition coefficient (Wildman–Crippen LogP) is -0.411. The Morgan fingerprint density at radius 3 is 2.84 bits per heavy atom. The average Bonchev–Trinajstić information content (AvgIpc) is 3.25. The molecule has 0 bridgehead atoms. The first-order valence-corrected chi connectivity index (χ1v) is 8.09. The highest BCUT2D eigenvalue weighted by Crippen LogP contribution is 2.37. The van der Waals surface area contributed by atoms with Crippen LogP contribution in [0.25, 0.3) is 5.69 Å². The molecule has 1 amide bonds. The van der Waals surface area contributed by atoms with E-state index >= 15 is 0 Å². The summed E-state index contributed by atoms with van der Waals surface area (Å²) < 4.78 is 12.4. The lowest BCUT2D eigenvalue weighted by atomic mass is 10.1. The van der Waals surface area contributed by atoms with Gasteiger partial charge in [0, 0.05) is 18.0 Å². The molecule has 2 aromatic rings. The van der Waals surface area contributed by atoms with Crippen molar-refractivity contribution in [2.75, 3.05) is 6.79 Å². The lowest BCUT2D eigenvalue weighted by molar-refractivity contribution is -0.117. The van der Waals surface area contributed by atoms with E-state index in [4.69, 9.17) is 20.9 Å². The second kappa shape index (κ2) is 6.01. The monoisotopic (exact) mass is 345 g/mol. The fraction of sp³-hybridized carbons (Fsp3) is 0.438. The number of benzene rings is 1. The fourth-order valence-electron chi connectivity index (χ4n) is 3.33.